The van der Waals surface area contributed by atoms with E-state index in [9.17, 15) is 9.59 Å². The van der Waals surface area contributed by atoms with Crippen molar-refractivity contribution < 1.29 is 18.9 Å². The number of hydrogen-bond donors (Lipinski definition) is 0. The average Bonchev–Trinajstić information content (AvgIpc) is 2.92. The molecule has 0 aliphatic rings. The molecule has 0 aliphatic heterocycles. The molecule has 0 N–H and O–H groups in total. The Hall–Kier alpha value is -4.30. The molecule has 0 fully saturated rings. The molecule has 3 aromatic carbocycles. The Morgan fingerprint density at radius 1 is 0.622 bits per heavy atom. The third-order valence-corrected chi connectivity index (χ3v) is 6.78. The highest BCUT2D eigenvalue weighted by atomic mass is 32.1. The van der Waals surface area contributed by atoms with Gasteiger partial charge in [-0.3, -0.25) is 9.59 Å². The van der Waals surface area contributed by atoms with E-state index in [-0.39, 0.29) is 0 Å². The first-order valence-electron chi connectivity index (χ1n) is 11.4. The van der Waals surface area contributed by atoms with Crippen molar-refractivity contribution in [2.75, 3.05) is 28.4 Å². The third kappa shape index (κ3) is 5.44. The van der Waals surface area contributed by atoms with Crippen LogP contribution in [-0.2, 0) is 0 Å². The summed E-state index contributed by atoms with van der Waals surface area (Å²) in [7, 11) is 6.23. The topological polar surface area (TPSA) is 76.0 Å². The van der Waals surface area contributed by atoms with Gasteiger partial charge in [-0.25, -0.2) is 4.57 Å². The second-order valence-electron chi connectivity index (χ2n) is 8.13. The van der Waals surface area contributed by atoms with Gasteiger partial charge in [0.2, 0.25) is 0 Å². The van der Waals surface area contributed by atoms with Gasteiger partial charge in [0.25, 0.3) is 11.1 Å². The van der Waals surface area contributed by atoms with Crippen molar-refractivity contribution in [1.82, 2.24) is 4.57 Å². The molecule has 1 heterocycles. The SMILES string of the molecule is COc1ccc(C=c2sc(=Cc3ccc(OC)c(OC)c3)c(=O)n(-c3ccc(C)cc3)c2=O)cc1OC. The first kappa shape index (κ1) is 25.8. The van der Waals surface area contributed by atoms with Crippen molar-refractivity contribution in [3.8, 4) is 28.7 Å². The molecule has 37 heavy (non-hydrogen) atoms. The zero-order valence-electron chi connectivity index (χ0n) is 21.2. The number of aryl methyl sites for hydroxylation is 1. The summed E-state index contributed by atoms with van der Waals surface area (Å²) in [5.74, 6) is 2.24. The lowest BCUT2D eigenvalue weighted by molar-refractivity contribution is 0.355. The lowest BCUT2D eigenvalue weighted by atomic mass is 10.2. The molecule has 0 aliphatic carbocycles. The van der Waals surface area contributed by atoms with Gasteiger partial charge in [0, 0.05) is 0 Å². The van der Waals surface area contributed by atoms with E-state index in [1.807, 2.05) is 31.2 Å². The normalized spacial score (nSPS) is 11.9. The van der Waals surface area contributed by atoms with Crippen molar-refractivity contribution in [3.05, 3.63) is 107 Å². The second kappa shape index (κ2) is 11.2. The lowest BCUT2D eigenvalue weighted by Crippen LogP contribution is -2.47. The first-order chi connectivity index (χ1) is 17.9. The van der Waals surface area contributed by atoms with Gasteiger partial charge in [-0.15, -0.1) is 11.3 Å². The predicted molar refractivity (Wildman–Crippen MR) is 146 cm³/mol. The quantitative estimate of drug-likeness (QED) is 0.375. The minimum atomic E-state index is -0.405. The van der Waals surface area contributed by atoms with E-state index < -0.39 is 11.1 Å². The van der Waals surface area contributed by atoms with Gasteiger partial charge in [0.05, 0.1) is 43.2 Å². The van der Waals surface area contributed by atoms with Crippen LogP contribution in [0.1, 0.15) is 16.7 Å². The lowest BCUT2D eigenvalue weighted by Gasteiger charge is -2.08. The molecule has 0 saturated carbocycles. The molecule has 0 saturated heterocycles. The van der Waals surface area contributed by atoms with E-state index >= 15 is 0 Å². The largest absolute Gasteiger partial charge is 0.493 e. The van der Waals surface area contributed by atoms with E-state index in [0.717, 1.165) is 28.0 Å². The van der Waals surface area contributed by atoms with Gasteiger partial charge in [0.15, 0.2) is 23.0 Å². The monoisotopic (exact) mass is 517 g/mol. The van der Waals surface area contributed by atoms with Crippen LogP contribution in [0.2, 0.25) is 0 Å². The van der Waals surface area contributed by atoms with Crippen molar-refractivity contribution in [2.24, 2.45) is 0 Å². The Bertz CT molecular complexity index is 1570. The van der Waals surface area contributed by atoms with E-state index in [2.05, 4.69) is 0 Å². The fourth-order valence-electron chi connectivity index (χ4n) is 3.82. The summed E-state index contributed by atoms with van der Waals surface area (Å²) in [5, 5.41) is 0. The van der Waals surface area contributed by atoms with Crippen LogP contribution in [0.15, 0.2) is 70.3 Å². The Kier molecular flexibility index (Phi) is 7.79. The maximum atomic E-state index is 13.6. The zero-order chi connectivity index (χ0) is 26.5. The van der Waals surface area contributed by atoms with Crippen molar-refractivity contribution in [3.63, 3.8) is 0 Å². The second-order valence-corrected chi connectivity index (χ2v) is 9.21. The summed E-state index contributed by atoms with van der Waals surface area (Å²) in [6.07, 6.45) is 3.48. The first-order valence-corrected chi connectivity index (χ1v) is 12.2. The highest BCUT2D eigenvalue weighted by molar-refractivity contribution is 7.07. The summed E-state index contributed by atoms with van der Waals surface area (Å²) in [4.78, 5) is 27.2. The predicted octanol–water partition coefficient (Wildman–Crippen LogP) is 3.26. The Morgan fingerprint density at radius 2 is 1.05 bits per heavy atom. The average molecular weight is 518 g/mol. The maximum absolute atomic E-state index is 13.6. The minimum Gasteiger partial charge on any atom is -0.493 e. The summed E-state index contributed by atoms with van der Waals surface area (Å²) < 4.78 is 23.4. The number of aromatic nitrogens is 1. The highest BCUT2D eigenvalue weighted by Crippen LogP contribution is 2.28. The zero-order valence-corrected chi connectivity index (χ0v) is 22.0. The molecule has 0 amide bonds. The Morgan fingerprint density at radius 3 is 1.46 bits per heavy atom. The van der Waals surface area contributed by atoms with Gasteiger partial charge in [0.1, 0.15) is 0 Å². The van der Waals surface area contributed by atoms with E-state index in [1.54, 1.807) is 77.0 Å². The van der Waals surface area contributed by atoms with Crippen LogP contribution in [0.25, 0.3) is 17.8 Å². The molecule has 4 rings (SSSR count). The summed E-state index contributed by atoms with van der Waals surface area (Å²) in [6.45, 7) is 1.95. The smallest absolute Gasteiger partial charge is 0.275 e. The number of rotatable bonds is 7. The van der Waals surface area contributed by atoms with Crippen LogP contribution in [0.5, 0.6) is 23.0 Å². The Labute approximate surface area is 218 Å². The number of nitrogens with zero attached hydrogens (tertiary/aromatic N) is 1. The molecular weight excluding hydrogens is 490 g/mol. The van der Waals surface area contributed by atoms with Gasteiger partial charge < -0.3 is 18.9 Å². The highest BCUT2D eigenvalue weighted by Gasteiger charge is 2.11. The molecule has 0 bridgehead atoms. The van der Waals surface area contributed by atoms with Crippen LogP contribution in [0, 0.1) is 6.92 Å². The standard InChI is InChI=1S/C29H27NO6S/c1-18-6-10-21(11-7-18)30-28(31)26(16-19-8-12-22(33-2)24(14-19)35-4)37-27(29(30)32)17-20-9-13-23(34-3)25(15-20)36-5/h6-17H,1-5H3. The summed E-state index contributed by atoms with van der Waals surface area (Å²) in [5.41, 5.74) is 2.18. The van der Waals surface area contributed by atoms with Gasteiger partial charge in [-0.05, 0) is 66.6 Å². The fraction of sp³-hybridized carbons (Fsp3) is 0.172. The fourth-order valence-corrected chi connectivity index (χ4v) is 4.80. The van der Waals surface area contributed by atoms with Crippen molar-refractivity contribution in [2.45, 2.75) is 6.92 Å². The van der Waals surface area contributed by atoms with E-state index in [4.69, 9.17) is 18.9 Å². The van der Waals surface area contributed by atoms with Crippen LogP contribution >= 0.6 is 11.3 Å². The number of methoxy groups -OCH3 is 4. The van der Waals surface area contributed by atoms with Crippen LogP contribution in [0.3, 0.4) is 0 Å². The molecule has 0 radical (unpaired) electrons. The van der Waals surface area contributed by atoms with E-state index in [0.29, 0.717) is 37.8 Å². The molecule has 0 atom stereocenters. The van der Waals surface area contributed by atoms with Crippen LogP contribution in [0.4, 0.5) is 0 Å². The van der Waals surface area contributed by atoms with Gasteiger partial charge >= 0.3 is 0 Å². The van der Waals surface area contributed by atoms with Crippen LogP contribution in [-0.4, -0.2) is 33.0 Å². The van der Waals surface area contributed by atoms with Crippen molar-refractivity contribution in [1.29, 1.82) is 0 Å². The van der Waals surface area contributed by atoms with Crippen LogP contribution < -0.4 is 39.1 Å². The number of ether oxygens (including phenoxy) is 4. The molecule has 0 spiro atoms. The van der Waals surface area contributed by atoms with Crippen molar-refractivity contribution >= 4 is 23.5 Å². The molecule has 0 unspecified atom stereocenters. The number of benzene rings is 3. The minimum absolute atomic E-state index is 0.388. The third-order valence-electron chi connectivity index (χ3n) is 5.75. The summed E-state index contributed by atoms with van der Waals surface area (Å²) >= 11 is 1.12. The maximum Gasteiger partial charge on any atom is 0.275 e. The van der Waals surface area contributed by atoms with E-state index in [1.165, 1.54) is 4.57 Å². The molecule has 1 aromatic heterocycles. The summed E-state index contributed by atoms with van der Waals surface area (Å²) in [6, 6.07) is 18.0. The van der Waals surface area contributed by atoms with Gasteiger partial charge in [-0.2, -0.15) is 0 Å². The van der Waals surface area contributed by atoms with Gasteiger partial charge in [-0.1, -0.05) is 29.8 Å². The molecule has 4 aromatic rings. The molecular formula is C29H27NO6S. The molecule has 7 nitrogen and oxygen atoms in total. The molecule has 8 heteroatoms. The Balaban J connectivity index is 2.02. The molecule has 190 valence electrons. The number of hydrogen-bond acceptors (Lipinski definition) is 7.